The molecule has 30 heavy (non-hydrogen) atoms. The molecule has 0 unspecified atom stereocenters. The lowest BCUT2D eigenvalue weighted by Gasteiger charge is -2.18. The van der Waals surface area contributed by atoms with Gasteiger partial charge < -0.3 is 10.1 Å². The molecule has 1 N–H and O–H groups in total. The van der Waals surface area contributed by atoms with Crippen LogP contribution in [0.5, 0.6) is 0 Å². The van der Waals surface area contributed by atoms with Crippen LogP contribution in [-0.2, 0) is 11.2 Å². The van der Waals surface area contributed by atoms with Crippen LogP contribution < -0.4 is 5.32 Å². The Kier molecular flexibility index (Phi) is 7.80. The van der Waals surface area contributed by atoms with Gasteiger partial charge >= 0.3 is 6.18 Å². The molecule has 0 saturated carbocycles. The summed E-state index contributed by atoms with van der Waals surface area (Å²) < 4.78 is 46.6. The minimum Gasteiger partial charge on any atom is -0.480 e. The smallest absolute Gasteiger partial charge is 0.423 e. The molecule has 0 bridgehead atoms. The van der Waals surface area contributed by atoms with Crippen LogP contribution in [0.3, 0.4) is 0 Å². The van der Waals surface area contributed by atoms with E-state index in [4.69, 9.17) is 4.74 Å². The highest BCUT2D eigenvalue weighted by Crippen LogP contribution is 2.34. The number of methoxy groups -OCH3 is 1. The van der Waals surface area contributed by atoms with Gasteiger partial charge in [-0.1, -0.05) is 43.7 Å². The number of aliphatic imine (C=N–C) groups is 1. The number of alkyl halides is 3. The van der Waals surface area contributed by atoms with Gasteiger partial charge in [-0.15, -0.1) is 0 Å². The molecule has 160 valence electrons. The molecule has 0 saturated heterocycles. The van der Waals surface area contributed by atoms with E-state index in [1.54, 1.807) is 37.3 Å². The predicted octanol–water partition coefficient (Wildman–Crippen LogP) is 6.20. The zero-order valence-corrected chi connectivity index (χ0v) is 17.6. The number of benzene rings is 1. The molecule has 2 aromatic rings. The SMILES string of the molecule is C=C(Nc1ccc(C)cc1)/C(=C(\N=C(C)c1cccc(CCC)n1)OC)C(F)(F)F. The number of aromatic nitrogens is 1. The number of hydrogen-bond donors (Lipinski definition) is 1. The number of pyridine rings is 1. The average molecular weight is 417 g/mol. The molecule has 1 heterocycles. The second-order valence-electron chi connectivity index (χ2n) is 6.81. The first kappa shape index (κ1) is 23.2. The number of rotatable bonds is 8. The number of ether oxygens (including phenoxy) is 1. The fourth-order valence-electron chi connectivity index (χ4n) is 2.78. The Morgan fingerprint density at radius 1 is 1.17 bits per heavy atom. The maximum Gasteiger partial charge on any atom is 0.423 e. The highest BCUT2D eigenvalue weighted by molar-refractivity contribution is 5.97. The fourth-order valence-corrected chi connectivity index (χ4v) is 2.78. The van der Waals surface area contributed by atoms with Crippen molar-refractivity contribution in [2.45, 2.75) is 39.8 Å². The molecule has 1 aromatic heterocycles. The van der Waals surface area contributed by atoms with E-state index in [2.05, 4.69) is 21.9 Å². The molecule has 1 aromatic carbocycles. The third-order valence-electron chi connectivity index (χ3n) is 4.29. The van der Waals surface area contributed by atoms with E-state index in [1.165, 1.54) is 0 Å². The molecular weight excluding hydrogens is 391 g/mol. The zero-order valence-electron chi connectivity index (χ0n) is 17.6. The molecule has 0 amide bonds. The standard InChI is InChI=1S/C23H26F3N3O/c1-6-8-18-9-7-10-20(29-18)16(3)28-22(30-5)21(23(24,25)26)17(4)27-19-13-11-15(2)12-14-19/h7,9-14,27H,4,6,8H2,1-3,5H3/b22-21-,28-16?. The van der Waals surface area contributed by atoms with Crippen molar-refractivity contribution in [2.75, 3.05) is 12.4 Å². The summed E-state index contributed by atoms with van der Waals surface area (Å²) >= 11 is 0. The summed E-state index contributed by atoms with van der Waals surface area (Å²) in [7, 11) is 1.15. The number of nitrogens with one attached hydrogen (secondary N) is 1. The van der Waals surface area contributed by atoms with Gasteiger partial charge in [-0.25, -0.2) is 4.99 Å². The van der Waals surface area contributed by atoms with Crippen molar-refractivity contribution in [3.63, 3.8) is 0 Å². The maximum atomic E-state index is 13.9. The van der Waals surface area contributed by atoms with E-state index in [9.17, 15) is 13.2 Å². The number of halogens is 3. The Hall–Kier alpha value is -3.09. The van der Waals surface area contributed by atoms with Crippen LogP contribution in [0, 0.1) is 6.92 Å². The topological polar surface area (TPSA) is 46.5 Å². The van der Waals surface area contributed by atoms with Crippen molar-refractivity contribution in [3.05, 3.63) is 83.1 Å². The van der Waals surface area contributed by atoms with Gasteiger partial charge in [0.25, 0.3) is 0 Å². The Morgan fingerprint density at radius 3 is 2.40 bits per heavy atom. The summed E-state index contributed by atoms with van der Waals surface area (Å²) in [5.74, 6) is -0.577. The first-order valence-electron chi connectivity index (χ1n) is 9.55. The minimum atomic E-state index is -4.72. The maximum absolute atomic E-state index is 13.9. The molecule has 0 aliphatic carbocycles. The van der Waals surface area contributed by atoms with Gasteiger partial charge in [-0.2, -0.15) is 13.2 Å². The zero-order chi connectivity index (χ0) is 22.3. The van der Waals surface area contributed by atoms with Gasteiger partial charge in [0, 0.05) is 17.1 Å². The molecule has 4 nitrogen and oxygen atoms in total. The van der Waals surface area contributed by atoms with E-state index in [1.807, 2.05) is 26.0 Å². The number of hydrogen-bond acceptors (Lipinski definition) is 4. The highest BCUT2D eigenvalue weighted by atomic mass is 19.4. The first-order valence-corrected chi connectivity index (χ1v) is 9.55. The number of nitrogens with zero attached hydrogens (tertiary/aromatic N) is 2. The Balaban J connectivity index is 2.45. The lowest BCUT2D eigenvalue weighted by Crippen LogP contribution is -2.20. The van der Waals surface area contributed by atoms with Crippen LogP contribution in [0.15, 0.2) is 71.2 Å². The summed E-state index contributed by atoms with van der Waals surface area (Å²) in [6.07, 6.45) is -3.03. The van der Waals surface area contributed by atoms with Crippen molar-refractivity contribution in [1.29, 1.82) is 0 Å². The summed E-state index contributed by atoms with van der Waals surface area (Å²) in [4.78, 5) is 8.56. The van der Waals surface area contributed by atoms with E-state index in [0.717, 1.165) is 31.2 Å². The van der Waals surface area contributed by atoms with E-state index >= 15 is 0 Å². The third kappa shape index (κ3) is 6.20. The van der Waals surface area contributed by atoms with Crippen LogP contribution in [0.25, 0.3) is 0 Å². The minimum absolute atomic E-state index is 0.315. The van der Waals surface area contributed by atoms with Gasteiger partial charge in [0.15, 0.2) is 0 Å². The lowest BCUT2D eigenvalue weighted by molar-refractivity contribution is -0.0923. The number of allylic oxidation sites excluding steroid dienone is 1. The quantitative estimate of drug-likeness (QED) is 0.316. The van der Waals surface area contributed by atoms with Gasteiger partial charge in [0.2, 0.25) is 5.88 Å². The molecule has 0 radical (unpaired) electrons. The van der Waals surface area contributed by atoms with Gasteiger partial charge in [-0.3, -0.25) is 4.98 Å². The molecular formula is C23H26F3N3O. The third-order valence-corrected chi connectivity index (χ3v) is 4.29. The lowest BCUT2D eigenvalue weighted by atomic mass is 10.1. The second kappa shape index (κ2) is 10.1. The number of anilines is 1. The summed E-state index contributed by atoms with van der Waals surface area (Å²) in [5, 5.41) is 2.69. The van der Waals surface area contributed by atoms with Crippen LogP contribution in [-0.4, -0.2) is 24.0 Å². The van der Waals surface area contributed by atoms with Gasteiger partial charge in [0.1, 0.15) is 5.57 Å². The Morgan fingerprint density at radius 2 is 1.83 bits per heavy atom. The summed E-state index contributed by atoms with van der Waals surface area (Å²) in [6, 6.07) is 12.3. The van der Waals surface area contributed by atoms with Crippen molar-refractivity contribution in [3.8, 4) is 0 Å². The van der Waals surface area contributed by atoms with Crippen LogP contribution >= 0.6 is 0 Å². The Labute approximate surface area is 175 Å². The van der Waals surface area contributed by atoms with Crippen molar-refractivity contribution in [2.24, 2.45) is 4.99 Å². The monoisotopic (exact) mass is 417 g/mol. The number of aryl methyl sites for hydroxylation is 2. The average Bonchev–Trinajstić information content (AvgIpc) is 2.68. The molecule has 0 aliphatic heterocycles. The fraction of sp³-hybridized carbons (Fsp3) is 0.304. The van der Waals surface area contributed by atoms with Crippen LogP contribution in [0.1, 0.15) is 37.2 Å². The van der Waals surface area contributed by atoms with E-state index in [-0.39, 0.29) is 5.70 Å². The first-order chi connectivity index (χ1) is 14.2. The molecule has 0 atom stereocenters. The molecule has 7 heteroatoms. The normalized spacial score (nSPS) is 13.0. The largest absolute Gasteiger partial charge is 0.480 e. The van der Waals surface area contributed by atoms with Gasteiger partial charge in [-0.05, 0) is 44.5 Å². The summed E-state index contributed by atoms with van der Waals surface area (Å²) in [5.41, 5.74) is 1.71. The van der Waals surface area contributed by atoms with E-state index in [0.29, 0.717) is 17.1 Å². The molecule has 0 spiro atoms. The second-order valence-corrected chi connectivity index (χ2v) is 6.81. The summed E-state index contributed by atoms with van der Waals surface area (Å²) in [6.45, 7) is 9.09. The highest BCUT2D eigenvalue weighted by Gasteiger charge is 2.40. The van der Waals surface area contributed by atoms with Crippen LogP contribution in [0.2, 0.25) is 0 Å². The van der Waals surface area contributed by atoms with Crippen molar-refractivity contribution >= 4 is 11.4 Å². The van der Waals surface area contributed by atoms with Crippen molar-refractivity contribution in [1.82, 2.24) is 4.98 Å². The Bertz CT molecular complexity index is 945. The van der Waals surface area contributed by atoms with Gasteiger partial charge in [0.05, 0.1) is 18.5 Å². The van der Waals surface area contributed by atoms with Crippen LogP contribution in [0.4, 0.5) is 18.9 Å². The molecule has 2 rings (SSSR count). The van der Waals surface area contributed by atoms with E-state index < -0.39 is 17.6 Å². The van der Waals surface area contributed by atoms with Crippen molar-refractivity contribution < 1.29 is 17.9 Å². The predicted molar refractivity (Wildman–Crippen MR) is 114 cm³/mol. The molecule has 0 aliphatic rings. The molecule has 0 fully saturated rings.